The normalized spacial score (nSPS) is 20.4. The molecule has 3 rings (SSSR count). The Morgan fingerprint density at radius 2 is 2.17 bits per heavy atom. The van der Waals surface area contributed by atoms with Crippen LogP contribution in [0.2, 0.25) is 0 Å². The van der Waals surface area contributed by atoms with Crippen LogP contribution in [0.25, 0.3) is 10.9 Å². The molecule has 2 N–H and O–H groups in total. The largest absolute Gasteiger partial charge is 0.481 e. The van der Waals surface area contributed by atoms with Crippen molar-refractivity contribution in [3.63, 3.8) is 0 Å². The van der Waals surface area contributed by atoms with Crippen molar-refractivity contribution < 1.29 is 19.4 Å². The number of nitrogens with one attached hydrogen (secondary N) is 1. The van der Waals surface area contributed by atoms with E-state index < -0.39 is 11.5 Å². The minimum absolute atomic E-state index is 0.0229. The number of fused-ring (bicyclic) bond motifs is 1. The average molecular weight is 330 g/mol. The van der Waals surface area contributed by atoms with E-state index in [2.05, 4.69) is 11.4 Å². The van der Waals surface area contributed by atoms with Crippen LogP contribution < -0.4 is 5.32 Å². The predicted octanol–water partition coefficient (Wildman–Crippen LogP) is 2.09. The number of carboxylic acids is 1. The highest BCUT2D eigenvalue weighted by atomic mass is 16.5. The van der Waals surface area contributed by atoms with E-state index in [0.717, 1.165) is 16.6 Å². The van der Waals surface area contributed by atoms with Gasteiger partial charge in [0.25, 0.3) is 0 Å². The number of aryl methyl sites for hydroxylation is 1. The lowest BCUT2D eigenvalue weighted by molar-refractivity contribution is -0.138. The second kappa shape index (κ2) is 6.65. The Morgan fingerprint density at radius 3 is 2.88 bits per heavy atom. The van der Waals surface area contributed by atoms with Gasteiger partial charge in [-0.3, -0.25) is 9.59 Å². The molecule has 0 spiro atoms. The Kier molecular flexibility index (Phi) is 4.57. The lowest BCUT2D eigenvalue weighted by Crippen LogP contribution is -2.50. The van der Waals surface area contributed by atoms with Crippen molar-refractivity contribution in [2.75, 3.05) is 13.2 Å². The number of rotatable bonds is 6. The fourth-order valence-electron chi connectivity index (χ4n) is 3.35. The summed E-state index contributed by atoms with van der Waals surface area (Å²) in [5.41, 5.74) is 1.48. The van der Waals surface area contributed by atoms with E-state index in [4.69, 9.17) is 9.84 Å². The van der Waals surface area contributed by atoms with Crippen LogP contribution >= 0.6 is 0 Å². The third kappa shape index (κ3) is 3.43. The van der Waals surface area contributed by atoms with Gasteiger partial charge in [0.05, 0.1) is 12.1 Å². The number of carboxylic acid groups (broad SMARTS) is 1. The molecule has 1 unspecified atom stereocenters. The Morgan fingerprint density at radius 1 is 1.38 bits per heavy atom. The molecule has 2 aromatic rings. The van der Waals surface area contributed by atoms with Gasteiger partial charge < -0.3 is 19.7 Å². The third-order valence-electron chi connectivity index (χ3n) is 4.64. The molecule has 1 aliphatic rings. The molecule has 0 bridgehead atoms. The highest BCUT2D eigenvalue weighted by Crippen LogP contribution is 2.25. The van der Waals surface area contributed by atoms with E-state index in [9.17, 15) is 9.59 Å². The second-order valence-electron chi connectivity index (χ2n) is 6.46. The first-order valence-electron chi connectivity index (χ1n) is 8.15. The van der Waals surface area contributed by atoms with Gasteiger partial charge in [-0.1, -0.05) is 18.2 Å². The number of ether oxygens (including phenoxy) is 1. The van der Waals surface area contributed by atoms with Crippen molar-refractivity contribution in [3.8, 4) is 0 Å². The molecular weight excluding hydrogens is 308 g/mol. The van der Waals surface area contributed by atoms with Gasteiger partial charge in [-0.25, -0.2) is 0 Å². The van der Waals surface area contributed by atoms with Gasteiger partial charge in [0.1, 0.15) is 6.54 Å². The summed E-state index contributed by atoms with van der Waals surface area (Å²) in [7, 11) is 0. The van der Waals surface area contributed by atoms with E-state index in [1.54, 1.807) is 0 Å². The number of nitrogens with zero attached hydrogens (tertiary/aromatic N) is 1. The SMILES string of the molecule is Cc1cc2ccccc2n1CC(=O)NC1(CCC(=O)O)CCOC1. The molecule has 24 heavy (non-hydrogen) atoms. The van der Waals surface area contributed by atoms with Crippen LogP contribution in [0.15, 0.2) is 30.3 Å². The molecule has 0 radical (unpaired) electrons. The highest BCUT2D eigenvalue weighted by molar-refractivity contribution is 5.84. The molecule has 6 heteroatoms. The molecule has 1 saturated heterocycles. The maximum atomic E-state index is 12.6. The van der Waals surface area contributed by atoms with Gasteiger partial charge in [-0.2, -0.15) is 0 Å². The first kappa shape index (κ1) is 16.5. The summed E-state index contributed by atoms with van der Waals surface area (Å²) in [6.07, 6.45) is 1.06. The van der Waals surface area contributed by atoms with Crippen molar-refractivity contribution in [1.29, 1.82) is 0 Å². The van der Waals surface area contributed by atoms with Gasteiger partial charge >= 0.3 is 5.97 Å². The molecule has 0 aliphatic carbocycles. The zero-order valence-corrected chi connectivity index (χ0v) is 13.7. The van der Waals surface area contributed by atoms with E-state index in [1.807, 2.05) is 35.8 Å². The summed E-state index contributed by atoms with van der Waals surface area (Å²) in [5, 5.41) is 13.1. The summed E-state index contributed by atoms with van der Waals surface area (Å²) in [5.74, 6) is -0.974. The zero-order valence-electron chi connectivity index (χ0n) is 13.7. The van der Waals surface area contributed by atoms with Crippen molar-refractivity contribution in [1.82, 2.24) is 9.88 Å². The maximum Gasteiger partial charge on any atom is 0.303 e. The minimum Gasteiger partial charge on any atom is -0.481 e. The van der Waals surface area contributed by atoms with Crippen LogP contribution in [0.1, 0.15) is 25.0 Å². The second-order valence-corrected chi connectivity index (χ2v) is 6.46. The van der Waals surface area contributed by atoms with Crippen LogP contribution in [-0.4, -0.2) is 40.3 Å². The van der Waals surface area contributed by atoms with E-state index >= 15 is 0 Å². The number of aromatic nitrogens is 1. The third-order valence-corrected chi connectivity index (χ3v) is 4.64. The number of hydrogen-bond donors (Lipinski definition) is 2. The van der Waals surface area contributed by atoms with Crippen LogP contribution in [0, 0.1) is 6.92 Å². The standard InChI is InChI=1S/C18H22N2O4/c1-13-10-14-4-2-3-5-15(14)20(13)11-16(21)19-18(7-6-17(22)23)8-9-24-12-18/h2-5,10H,6-9,11-12H2,1H3,(H,19,21)(H,22,23). The van der Waals surface area contributed by atoms with Gasteiger partial charge in [-0.05, 0) is 37.3 Å². The fourth-order valence-corrected chi connectivity index (χ4v) is 3.35. The Balaban J connectivity index is 1.73. The number of carbonyl (C=O) groups excluding carboxylic acids is 1. The number of benzene rings is 1. The molecule has 0 saturated carbocycles. The van der Waals surface area contributed by atoms with Crippen LogP contribution in [0.5, 0.6) is 0 Å². The Labute approximate surface area is 140 Å². The Hall–Kier alpha value is -2.34. The lowest BCUT2D eigenvalue weighted by atomic mass is 9.92. The summed E-state index contributed by atoms with van der Waals surface area (Å²) in [4.78, 5) is 23.5. The monoisotopic (exact) mass is 330 g/mol. The molecule has 1 aliphatic heterocycles. The van der Waals surface area contributed by atoms with E-state index in [1.165, 1.54) is 0 Å². The predicted molar refractivity (Wildman–Crippen MR) is 89.9 cm³/mol. The minimum atomic E-state index is -0.859. The topological polar surface area (TPSA) is 80.6 Å². The summed E-state index contributed by atoms with van der Waals surface area (Å²) in [6, 6.07) is 10.0. The number of amides is 1. The molecule has 1 fully saturated rings. The molecule has 1 aromatic carbocycles. The van der Waals surface area contributed by atoms with Gasteiger partial charge in [0, 0.05) is 24.2 Å². The first-order chi connectivity index (χ1) is 11.5. The van der Waals surface area contributed by atoms with Crippen molar-refractivity contribution in [3.05, 3.63) is 36.0 Å². The first-order valence-corrected chi connectivity index (χ1v) is 8.15. The number of hydrogen-bond acceptors (Lipinski definition) is 3. The van der Waals surface area contributed by atoms with Crippen molar-refractivity contribution in [2.24, 2.45) is 0 Å². The summed E-state index contributed by atoms with van der Waals surface area (Å²) in [6.45, 7) is 3.11. The number of para-hydroxylation sites is 1. The Bertz CT molecular complexity index is 759. The molecule has 1 aromatic heterocycles. The summed E-state index contributed by atoms with van der Waals surface area (Å²) >= 11 is 0. The van der Waals surface area contributed by atoms with Gasteiger partial charge in [0.15, 0.2) is 0 Å². The van der Waals surface area contributed by atoms with E-state index in [0.29, 0.717) is 26.1 Å². The van der Waals surface area contributed by atoms with Crippen molar-refractivity contribution in [2.45, 2.75) is 38.3 Å². The van der Waals surface area contributed by atoms with Crippen LogP contribution in [0.4, 0.5) is 0 Å². The molecule has 1 atom stereocenters. The van der Waals surface area contributed by atoms with Crippen LogP contribution in [-0.2, 0) is 20.9 Å². The molecule has 6 nitrogen and oxygen atoms in total. The molecule has 1 amide bonds. The highest BCUT2D eigenvalue weighted by Gasteiger charge is 2.36. The van der Waals surface area contributed by atoms with Gasteiger partial charge in [0.2, 0.25) is 5.91 Å². The van der Waals surface area contributed by atoms with Crippen molar-refractivity contribution >= 4 is 22.8 Å². The number of carbonyl (C=O) groups is 2. The molecular formula is C18H22N2O4. The molecule has 2 heterocycles. The molecule has 128 valence electrons. The number of aliphatic carboxylic acids is 1. The zero-order chi connectivity index (χ0) is 17.2. The smallest absolute Gasteiger partial charge is 0.303 e. The lowest BCUT2D eigenvalue weighted by Gasteiger charge is -2.28. The maximum absolute atomic E-state index is 12.6. The fraction of sp³-hybridized carbons (Fsp3) is 0.444. The summed E-state index contributed by atoms with van der Waals surface area (Å²) < 4.78 is 7.39. The van der Waals surface area contributed by atoms with Gasteiger partial charge in [-0.15, -0.1) is 0 Å². The average Bonchev–Trinajstić information content (AvgIpc) is 3.11. The quantitative estimate of drug-likeness (QED) is 0.850. The van der Waals surface area contributed by atoms with Crippen LogP contribution in [0.3, 0.4) is 0 Å². The van der Waals surface area contributed by atoms with E-state index in [-0.39, 0.29) is 18.9 Å².